The van der Waals surface area contributed by atoms with Crippen molar-refractivity contribution in [1.82, 2.24) is 9.88 Å². The molecular formula is C29H38FN3O5. The third-order valence-corrected chi connectivity index (χ3v) is 7.67. The van der Waals surface area contributed by atoms with E-state index < -0.39 is 17.8 Å². The number of aromatic nitrogens is 1. The summed E-state index contributed by atoms with van der Waals surface area (Å²) in [6.45, 7) is 6.95. The molecule has 4 heterocycles. The molecule has 0 saturated carbocycles. The predicted molar refractivity (Wildman–Crippen MR) is 141 cm³/mol. The van der Waals surface area contributed by atoms with Gasteiger partial charge in [0, 0.05) is 43.6 Å². The first-order valence-corrected chi connectivity index (χ1v) is 13.8. The van der Waals surface area contributed by atoms with Crippen LogP contribution in [0.3, 0.4) is 0 Å². The number of hydrogen-bond acceptors (Lipinski definition) is 7. The van der Waals surface area contributed by atoms with Crippen LogP contribution in [0.5, 0.6) is 11.5 Å². The summed E-state index contributed by atoms with van der Waals surface area (Å²) in [5, 5.41) is 13.5. The van der Waals surface area contributed by atoms with Crippen molar-refractivity contribution >= 4 is 11.8 Å². The Morgan fingerprint density at radius 3 is 3.00 bits per heavy atom. The topological polar surface area (TPSA) is 93.2 Å². The van der Waals surface area contributed by atoms with Crippen molar-refractivity contribution in [3.63, 3.8) is 0 Å². The molecule has 38 heavy (non-hydrogen) atoms. The van der Waals surface area contributed by atoms with Gasteiger partial charge in [-0.05, 0) is 62.1 Å². The molecule has 0 radical (unpaired) electrons. The van der Waals surface area contributed by atoms with Crippen LogP contribution in [0.1, 0.15) is 62.4 Å². The Bertz CT molecular complexity index is 1140. The van der Waals surface area contributed by atoms with Crippen LogP contribution in [0.2, 0.25) is 0 Å². The van der Waals surface area contributed by atoms with Gasteiger partial charge in [-0.25, -0.2) is 9.37 Å². The molecule has 3 aliphatic rings. The number of nitrogens with zero attached hydrogens (tertiary/aromatic N) is 2. The van der Waals surface area contributed by atoms with Crippen molar-refractivity contribution in [2.45, 2.75) is 70.6 Å². The highest BCUT2D eigenvalue weighted by Crippen LogP contribution is 2.42. The number of rotatable bonds is 10. The van der Waals surface area contributed by atoms with E-state index in [4.69, 9.17) is 19.2 Å². The molecule has 0 aliphatic carbocycles. The number of pyridine rings is 1. The van der Waals surface area contributed by atoms with Crippen LogP contribution in [0.4, 0.5) is 10.2 Å². The van der Waals surface area contributed by atoms with Gasteiger partial charge in [0.25, 0.3) is 0 Å². The van der Waals surface area contributed by atoms with Crippen LogP contribution in [0.25, 0.3) is 0 Å². The number of aliphatic carboxylic acids is 1. The summed E-state index contributed by atoms with van der Waals surface area (Å²) in [7, 11) is 0. The fourth-order valence-electron chi connectivity index (χ4n) is 5.49. The number of carbonyl (C=O) groups is 1. The fourth-order valence-corrected chi connectivity index (χ4v) is 5.49. The molecule has 3 atom stereocenters. The number of fused-ring (bicyclic) bond motifs is 2. The average Bonchev–Trinajstić information content (AvgIpc) is 3.36. The van der Waals surface area contributed by atoms with Crippen LogP contribution in [0.15, 0.2) is 24.3 Å². The van der Waals surface area contributed by atoms with Crippen molar-refractivity contribution < 1.29 is 28.5 Å². The summed E-state index contributed by atoms with van der Waals surface area (Å²) in [5.74, 6) is 0.223. The van der Waals surface area contributed by atoms with Gasteiger partial charge in [0.15, 0.2) is 11.5 Å². The first kappa shape index (κ1) is 26.7. The summed E-state index contributed by atoms with van der Waals surface area (Å²) in [6.07, 6.45) is 5.48. The third kappa shape index (κ3) is 6.04. The zero-order valence-corrected chi connectivity index (χ0v) is 22.2. The van der Waals surface area contributed by atoms with Crippen molar-refractivity contribution in [2.75, 3.05) is 38.2 Å². The molecule has 0 amide bonds. The number of hydrogen-bond donors (Lipinski definition) is 2. The first-order valence-electron chi connectivity index (χ1n) is 13.8. The number of anilines is 1. The van der Waals surface area contributed by atoms with Gasteiger partial charge in [-0.1, -0.05) is 19.9 Å². The number of aryl methyl sites for hydroxylation is 2. The zero-order chi connectivity index (χ0) is 26.6. The van der Waals surface area contributed by atoms with E-state index in [1.54, 1.807) is 0 Å². The van der Waals surface area contributed by atoms with E-state index in [0.717, 1.165) is 56.6 Å². The first-order chi connectivity index (χ1) is 18.4. The standard InChI is InChI=1S/C29H38FN3O5/c1-18(2)25-17-37-24-15-20(30)14-23(27(24)38-25)26(29(34)35)33-12-10-22(16-33)36-13-4-3-7-21-9-8-19-6-5-11-31-28(19)32-21/h8-9,14-15,18,22,25-26H,3-7,10-13,16-17H2,1-2H3,(H,31,32)(H,34,35)/t22-,25?,26?/m1/s1. The van der Waals surface area contributed by atoms with Gasteiger partial charge in [-0.15, -0.1) is 0 Å². The minimum absolute atomic E-state index is 0.0621. The molecule has 206 valence electrons. The summed E-state index contributed by atoms with van der Waals surface area (Å²) in [4.78, 5) is 19.0. The number of nitrogens with one attached hydrogen (secondary N) is 1. The maximum absolute atomic E-state index is 14.5. The van der Waals surface area contributed by atoms with E-state index in [-0.39, 0.29) is 23.9 Å². The molecule has 1 aromatic heterocycles. The number of carboxylic acids is 1. The second-order valence-corrected chi connectivity index (χ2v) is 10.8. The minimum atomic E-state index is -1.04. The van der Waals surface area contributed by atoms with Gasteiger partial charge in [-0.2, -0.15) is 0 Å². The van der Waals surface area contributed by atoms with Crippen molar-refractivity contribution in [2.24, 2.45) is 5.92 Å². The quantitative estimate of drug-likeness (QED) is 0.433. The highest BCUT2D eigenvalue weighted by Gasteiger charge is 2.38. The van der Waals surface area contributed by atoms with Crippen LogP contribution >= 0.6 is 0 Å². The van der Waals surface area contributed by atoms with Gasteiger partial charge in [0.2, 0.25) is 0 Å². The van der Waals surface area contributed by atoms with Crippen LogP contribution in [0, 0.1) is 11.7 Å². The lowest BCUT2D eigenvalue weighted by atomic mass is 10.0. The zero-order valence-electron chi connectivity index (χ0n) is 22.2. The number of likely N-dealkylation sites (tertiary alicyclic amines) is 1. The Labute approximate surface area is 223 Å². The van der Waals surface area contributed by atoms with E-state index in [0.29, 0.717) is 37.6 Å². The maximum atomic E-state index is 14.5. The largest absolute Gasteiger partial charge is 0.486 e. The molecule has 5 rings (SSSR count). The molecule has 0 spiro atoms. The molecule has 2 aromatic rings. The van der Waals surface area contributed by atoms with Crippen molar-refractivity contribution in [1.29, 1.82) is 0 Å². The van der Waals surface area contributed by atoms with E-state index in [2.05, 4.69) is 17.4 Å². The molecule has 9 heteroatoms. The minimum Gasteiger partial charge on any atom is -0.486 e. The third-order valence-electron chi connectivity index (χ3n) is 7.67. The average molecular weight is 528 g/mol. The highest BCUT2D eigenvalue weighted by atomic mass is 19.1. The molecule has 1 aromatic carbocycles. The van der Waals surface area contributed by atoms with E-state index >= 15 is 0 Å². The number of halogens is 1. The van der Waals surface area contributed by atoms with E-state index in [9.17, 15) is 14.3 Å². The molecule has 1 saturated heterocycles. The normalized spacial score (nSPS) is 21.7. The summed E-state index contributed by atoms with van der Waals surface area (Å²) in [5.41, 5.74) is 2.69. The van der Waals surface area contributed by atoms with Gasteiger partial charge < -0.3 is 24.6 Å². The predicted octanol–water partition coefficient (Wildman–Crippen LogP) is 4.61. The lowest BCUT2D eigenvalue weighted by molar-refractivity contribution is -0.143. The number of benzene rings is 1. The van der Waals surface area contributed by atoms with Crippen molar-refractivity contribution in [3.05, 3.63) is 46.9 Å². The fraction of sp³-hybridized carbons (Fsp3) is 0.586. The smallest absolute Gasteiger partial charge is 0.325 e. The Morgan fingerprint density at radius 1 is 1.32 bits per heavy atom. The highest BCUT2D eigenvalue weighted by molar-refractivity contribution is 5.77. The number of ether oxygens (including phenoxy) is 3. The summed E-state index contributed by atoms with van der Waals surface area (Å²) < 4.78 is 32.5. The van der Waals surface area contributed by atoms with Gasteiger partial charge in [-0.3, -0.25) is 9.69 Å². The molecule has 1 fully saturated rings. The molecular weight excluding hydrogens is 489 g/mol. The lowest BCUT2D eigenvalue weighted by Crippen LogP contribution is -2.37. The van der Waals surface area contributed by atoms with Crippen LogP contribution in [-0.4, -0.2) is 66.0 Å². The SMILES string of the molecule is CC(C)C1COc2cc(F)cc(C(C(=O)O)N3CC[C@@H](OCCCCc4ccc5c(n4)NCCC5)C3)c2O1. The maximum Gasteiger partial charge on any atom is 0.325 e. The second kappa shape index (κ2) is 11.9. The van der Waals surface area contributed by atoms with E-state index in [1.165, 1.54) is 17.7 Å². The van der Waals surface area contributed by atoms with Gasteiger partial charge in [0.1, 0.15) is 30.4 Å². The molecule has 2 N–H and O–H groups in total. The monoisotopic (exact) mass is 527 g/mol. The lowest BCUT2D eigenvalue weighted by Gasteiger charge is -2.33. The Balaban J connectivity index is 1.15. The van der Waals surface area contributed by atoms with Gasteiger partial charge in [0.05, 0.1) is 6.10 Å². The molecule has 8 nitrogen and oxygen atoms in total. The number of carboxylic acid groups (broad SMARTS) is 1. The Hall–Kier alpha value is -2.91. The van der Waals surface area contributed by atoms with Crippen LogP contribution < -0.4 is 14.8 Å². The Morgan fingerprint density at radius 2 is 2.18 bits per heavy atom. The molecule has 0 bridgehead atoms. The van der Waals surface area contributed by atoms with E-state index in [1.807, 2.05) is 18.7 Å². The Kier molecular flexibility index (Phi) is 8.33. The summed E-state index contributed by atoms with van der Waals surface area (Å²) >= 11 is 0. The van der Waals surface area contributed by atoms with Crippen molar-refractivity contribution in [3.8, 4) is 11.5 Å². The summed E-state index contributed by atoms with van der Waals surface area (Å²) in [6, 6.07) is 5.80. The van der Waals surface area contributed by atoms with Gasteiger partial charge >= 0.3 is 5.97 Å². The number of unbranched alkanes of at least 4 members (excludes halogenated alkanes) is 1. The second-order valence-electron chi connectivity index (χ2n) is 10.8. The van der Waals surface area contributed by atoms with Crippen LogP contribution in [-0.2, 0) is 22.4 Å². The molecule has 3 aliphatic heterocycles. The molecule has 2 unspecified atom stereocenters.